The molecular formula is C110H126N24O4. The number of pyridine rings is 7. The molecule has 1 amide bonds. The second-order valence-electron chi connectivity index (χ2n) is 38.0. The van der Waals surface area contributed by atoms with Crippen LogP contribution in [0.4, 0.5) is 40.6 Å². The number of nitriles is 1. The van der Waals surface area contributed by atoms with E-state index in [0.29, 0.717) is 75.0 Å². The summed E-state index contributed by atoms with van der Waals surface area (Å²) in [6.07, 6.45) is 49.1. The van der Waals surface area contributed by atoms with Crippen LogP contribution in [-0.4, -0.2) is 198 Å². The third kappa shape index (κ3) is 22.2. The standard InChI is InChI=1S/C23H27N5O2.C23H28N4O.C22H27N5O.C22H23N5.C20H21N5/c29-23(28-11-13-30-14-12-28)17-6-4-5-16(15-17)21-20-19(26-27-21)9-10-24-22(20)25-18-7-2-1-3-8-18;1-2-4-19(5-3-1)26-23-21-18(10-11-24-23)16-25-22(21)17-6-8-20(9-7-17)27-12-14-28-15-13-27;1-2-4-18(5-3-1)26-22-20-16(8-9-23-22)14-25-21(20)17-6-7-19(24-15-17)27-10-12-28-13-11-27;1-2-7-18(8-3-1)26-22-20-17(10-12-23-22)15-24-21(20)16-6-4-9-19(14-16)27-13-5-11-25-27;21-10-8-16-7-6-15(13-23-16)19-18-14(12-24-19)9-11-22-20(18)25-17-4-2-1-3-5-17/h4-6,9-10,15,18H,1-3,7-8,11-14H2,(H,24,25)(H,26,27);6-11,19H,1-5,12-16H2,(H,24,26);6-9,15,18H,1-5,10-14H2,(H,23,26);4-6,9-14,18H,1-3,7-8,15H2,(H,23,26);6-7,9,11,13,17H,1-5,8,12H2,(H,22,25). The maximum absolute atomic E-state index is 12.9. The van der Waals surface area contributed by atoms with Crippen molar-refractivity contribution in [1.29, 1.82) is 5.26 Å². The van der Waals surface area contributed by atoms with Gasteiger partial charge in [-0.15, -0.1) is 0 Å². The smallest absolute Gasteiger partial charge is 0.254 e. The van der Waals surface area contributed by atoms with Crippen molar-refractivity contribution in [2.75, 3.05) is 115 Å². The Morgan fingerprint density at radius 1 is 0.384 bits per heavy atom. The van der Waals surface area contributed by atoms with Gasteiger partial charge in [-0.05, 0) is 184 Å². The van der Waals surface area contributed by atoms with E-state index in [1.165, 1.54) is 205 Å². The van der Waals surface area contributed by atoms with Crippen molar-refractivity contribution in [1.82, 2.24) is 59.8 Å². The number of aliphatic imine (C=N–C) groups is 4. The first-order chi connectivity index (χ1) is 68.3. The van der Waals surface area contributed by atoms with Gasteiger partial charge >= 0.3 is 0 Å². The van der Waals surface area contributed by atoms with Gasteiger partial charge in [0.2, 0.25) is 0 Å². The predicted molar refractivity (Wildman–Crippen MR) is 547 cm³/mol. The van der Waals surface area contributed by atoms with Crippen LogP contribution in [0.15, 0.2) is 209 Å². The number of aromatic nitrogens is 11. The van der Waals surface area contributed by atoms with Crippen molar-refractivity contribution in [3.63, 3.8) is 0 Å². The molecule has 3 aromatic carbocycles. The number of carbonyl (C=O) groups is 1. The Bertz CT molecular complexity index is 6160. The van der Waals surface area contributed by atoms with E-state index in [4.69, 9.17) is 49.4 Å². The fourth-order valence-electron chi connectivity index (χ4n) is 21.3. The molecule has 24 rings (SSSR count). The van der Waals surface area contributed by atoms with Crippen LogP contribution in [0.3, 0.4) is 0 Å². The topological polar surface area (TPSA) is 325 Å². The van der Waals surface area contributed by atoms with Gasteiger partial charge in [0.25, 0.3) is 5.91 Å². The summed E-state index contributed by atoms with van der Waals surface area (Å²) in [6, 6.07) is 50.0. The Morgan fingerprint density at radius 3 is 1.26 bits per heavy atom. The third-order valence-corrected chi connectivity index (χ3v) is 28.7. The Kier molecular flexibility index (Phi) is 30.2. The zero-order valence-corrected chi connectivity index (χ0v) is 79.2. The first-order valence-electron chi connectivity index (χ1n) is 50.7. The zero-order valence-electron chi connectivity index (χ0n) is 79.2. The van der Waals surface area contributed by atoms with Gasteiger partial charge < -0.3 is 55.5 Å². The van der Waals surface area contributed by atoms with Crippen LogP contribution in [0.1, 0.15) is 243 Å². The summed E-state index contributed by atoms with van der Waals surface area (Å²) in [7, 11) is 0. The molecule has 9 aromatic heterocycles. The Balaban J connectivity index is 0.000000106. The Hall–Kier alpha value is -13.5. The van der Waals surface area contributed by atoms with Crippen LogP contribution in [0.2, 0.25) is 0 Å². The molecule has 7 aliphatic heterocycles. The molecule has 0 bridgehead atoms. The summed E-state index contributed by atoms with van der Waals surface area (Å²) in [6.45, 7) is 12.2. The lowest BCUT2D eigenvalue weighted by Crippen LogP contribution is -2.40. The molecule has 0 radical (unpaired) electrons. The highest BCUT2D eigenvalue weighted by Crippen LogP contribution is 2.39. The van der Waals surface area contributed by atoms with E-state index in [-0.39, 0.29) is 5.91 Å². The number of ether oxygens (including phenoxy) is 3. The molecule has 16 heterocycles. The fourth-order valence-corrected chi connectivity index (χ4v) is 21.3. The highest BCUT2D eigenvalue weighted by Gasteiger charge is 2.32. The third-order valence-electron chi connectivity index (χ3n) is 28.7. The van der Waals surface area contributed by atoms with E-state index in [2.05, 4.69) is 168 Å². The molecule has 5 saturated carbocycles. The normalized spacial score (nSPS) is 18.4. The van der Waals surface area contributed by atoms with Gasteiger partial charge in [0, 0.05) is 187 Å². The number of morpholine rings is 3. The molecule has 5 aliphatic carbocycles. The number of hydrogen-bond donors (Lipinski definition) is 6. The van der Waals surface area contributed by atoms with Crippen molar-refractivity contribution < 1.29 is 19.0 Å². The van der Waals surface area contributed by atoms with Gasteiger partial charge in [0.1, 0.15) is 40.6 Å². The molecule has 0 atom stereocenters. The van der Waals surface area contributed by atoms with Crippen molar-refractivity contribution >= 4 is 80.3 Å². The lowest BCUT2D eigenvalue weighted by atomic mass is 9.94. The van der Waals surface area contributed by atoms with Crippen LogP contribution >= 0.6 is 0 Å². The zero-order chi connectivity index (χ0) is 93.0. The predicted octanol–water partition coefficient (Wildman–Crippen LogP) is 19.3. The number of amides is 1. The van der Waals surface area contributed by atoms with E-state index in [1.54, 1.807) is 6.20 Å². The minimum atomic E-state index is 0.0404. The Labute approximate surface area is 808 Å². The quantitative estimate of drug-likeness (QED) is 0.0413. The van der Waals surface area contributed by atoms with Crippen LogP contribution in [0, 0.1) is 11.3 Å². The van der Waals surface area contributed by atoms with E-state index in [9.17, 15) is 4.79 Å². The highest BCUT2D eigenvalue weighted by molar-refractivity contribution is 6.20. The van der Waals surface area contributed by atoms with Crippen LogP contribution in [0.5, 0.6) is 0 Å². The molecule has 8 fully saturated rings. The SMILES string of the molecule is N#CCc1ccc(C2=NCc3ccnc(NC4CCCCC4)c32)cn1.O=C(c1cccc(-c2n[nH]c3ccnc(NC4CCCCC4)c23)c1)N1CCOCC1.c1cc(C2=NCc3ccnc(NC4CCCCC4)c32)cc(-n2cccn2)c1.c1cc2c(c(NC3CCCCC3)n1)C(c1ccc(N3CCOCC3)cc1)=NC2.c1cc2c(c(NC3CCCCC3)n1)C(c1ccc(N3CCOCC3)nc1)=NC2. The molecule has 0 unspecified atom stereocenters. The van der Waals surface area contributed by atoms with Crippen LogP contribution in [-0.2, 0) is 46.8 Å². The summed E-state index contributed by atoms with van der Waals surface area (Å²) in [5.41, 5.74) is 24.5. The van der Waals surface area contributed by atoms with E-state index >= 15 is 0 Å². The number of anilines is 7. The highest BCUT2D eigenvalue weighted by atomic mass is 16.5. The fraction of sp³-hybridized carbons (Fsp3) is 0.427. The average Bonchev–Trinajstić information content (AvgIpc) is 1.63. The maximum Gasteiger partial charge on any atom is 0.254 e. The van der Waals surface area contributed by atoms with E-state index in [0.717, 1.165) is 191 Å². The van der Waals surface area contributed by atoms with E-state index < -0.39 is 0 Å². The first-order valence-corrected chi connectivity index (χ1v) is 50.7. The second-order valence-corrected chi connectivity index (χ2v) is 38.0. The second kappa shape index (κ2) is 45.2. The number of benzene rings is 3. The summed E-state index contributed by atoms with van der Waals surface area (Å²) in [4.78, 5) is 71.1. The lowest BCUT2D eigenvalue weighted by Gasteiger charge is -2.29. The van der Waals surface area contributed by atoms with Gasteiger partial charge in [0.05, 0.1) is 123 Å². The molecule has 12 aliphatic rings. The molecule has 12 aromatic rings. The average molecular weight is 1850 g/mol. The van der Waals surface area contributed by atoms with Crippen molar-refractivity contribution in [3.8, 4) is 23.0 Å². The molecule has 28 heteroatoms. The number of carbonyl (C=O) groups excluding carboxylic acids is 1. The molecular weight excluding hydrogens is 1720 g/mol. The molecule has 3 saturated heterocycles. The van der Waals surface area contributed by atoms with Crippen molar-refractivity contribution in [3.05, 3.63) is 267 Å². The van der Waals surface area contributed by atoms with Gasteiger partial charge in [-0.25, -0.2) is 34.6 Å². The van der Waals surface area contributed by atoms with E-state index in [1.807, 2.05) is 108 Å². The molecule has 138 heavy (non-hydrogen) atoms. The molecule has 6 N–H and O–H groups in total. The number of aromatic amines is 1. The first kappa shape index (κ1) is 92.2. The Morgan fingerprint density at radius 2 is 0.804 bits per heavy atom. The summed E-state index contributed by atoms with van der Waals surface area (Å²) >= 11 is 0. The number of rotatable bonds is 20. The number of H-pyrrole nitrogens is 1. The van der Waals surface area contributed by atoms with Crippen molar-refractivity contribution in [2.45, 2.75) is 223 Å². The summed E-state index contributed by atoms with van der Waals surface area (Å²) < 4.78 is 18.2. The van der Waals surface area contributed by atoms with Gasteiger partial charge in [0.15, 0.2) is 0 Å². The van der Waals surface area contributed by atoms with Gasteiger partial charge in [-0.1, -0.05) is 133 Å². The van der Waals surface area contributed by atoms with Crippen LogP contribution in [0.25, 0.3) is 27.8 Å². The minimum Gasteiger partial charge on any atom is -0.378 e. The molecule has 710 valence electrons. The molecule has 0 spiro atoms. The van der Waals surface area contributed by atoms with Gasteiger partial charge in [-0.3, -0.25) is 34.8 Å². The monoisotopic (exact) mass is 1850 g/mol. The van der Waals surface area contributed by atoms with Crippen LogP contribution < -0.4 is 36.4 Å². The maximum atomic E-state index is 12.9. The largest absolute Gasteiger partial charge is 0.378 e. The lowest BCUT2D eigenvalue weighted by molar-refractivity contribution is 0.0303. The minimum absolute atomic E-state index is 0.0404. The molecule has 28 nitrogen and oxygen atoms in total. The number of fused-ring (bicyclic) bond motifs is 5. The summed E-state index contributed by atoms with van der Waals surface area (Å²) in [5.74, 6) is 5.85. The number of hydrogen-bond acceptors (Lipinski definition) is 25. The van der Waals surface area contributed by atoms with Gasteiger partial charge in [-0.2, -0.15) is 15.5 Å². The number of nitrogens with zero attached hydrogens (tertiary/aromatic N) is 18. The number of nitrogens with one attached hydrogen (secondary N) is 6. The van der Waals surface area contributed by atoms with Crippen molar-refractivity contribution in [2.24, 2.45) is 20.0 Å². The summed E-state index contributed by atoms with van der Waals surface area (Å²) in [5, 5.41) is 40.3.